The zero-order chi connectivity index (χ0) is 23.2. The van der Waals surface area contributed by atoms with Crippen LogP contribution in [0.5, 0.6) is 11.5 Å². The van der Waals surface area contributed by atoms with E-state index in [1.807, 2.05) is 0 Å². The summed E-state index contributed by atoms with van der Waals surface area (Å²) in [7, 11) is 3.00. The van der Waals surface area contributed by atoms with Crippen LogP contribution < -0.4 is 14.8 Å². The van der Waals surface area contributed by atoms with Gasteiger partial charge in [-0.15, -0.1) is 0 Å². The SMILES string of the molecule is COc1ccc(C(=O)C2C(c3ccc(Cl)cc3)=NOC23C(=O)Nc2ccccc23)c(OC)c1. The molecular formula is C25H19ClN2O5. The number of nitrogens with zero attached hydrogens (tertiary/aromatic N) is 1. The number of halogens is 1. The Hall–Kier alpha value is -3.84. The van der Waals surface area contributed by atoms with Gasteiger partial charge in [0.2, 0.25) is 0 Å². The van der Waals surface area contributed by atoms with E-state index in [0.717, 1.165) is 0 Å². The van der Waals surface area contributed by atoms with E-state index in [1.54, 1.807) is 66.7 Å². The second-order valence-corrected chi connectivity index (χ2v) is 8.11. The van der Waals surface area contributed by atoms with Crippen molar-refractivity contribution >= 4 is 34.7 Å². The Bertz CT molecular complexity index is 1300. The summed E-state index contributed by atoms with van der Waals surface area (Å²) in [5.41, 5.74) is 0.726. The minimum atomic E-state index is -1.65. The molecule has 0 fully saturated rings. The van der Waals surface area contributed by atoms with Crippen LogP contribution in [-0.4, -0.2) is 31.6 Å². The number of hydrogen-bond acceptors (Lipinski definition) is 6. The number of fused-ring (bicyclic) bond motifs is 2. The number of anilines is 1. The van der Waals surface area contributed by atoms with Crippen molar-refractivity contribution in [2.45, 2.75) is 5.60 Å². The van der Waals surface area contributed by atoms with Gasteiger partial charge in [-0.2, -0.15) is 0 Å². The first-order valence-electron chi connectivity index (χ1n) is 10.2. The Morgan fingerprint density at radius 3 is 2.55 bits per heavy atom. The fourth-order valence-corrected chi connectivity index (χ4v) is 4.48. The van der Waals surface area contributed by atoms with Crippen molar-refractivity contribution in [2.24, 2.45) is 11.1 Å². The maximum Gasteiger partial charge on any atom is 0.277 e. The molecule has 2 atom stereocenters. The Morgan fingerprint density at radius 2 is 1.82 bits per heavy atom. The fourth-order valence-electron chi connectivity index (χ4n) is 4.36. The molecule has 0 radical (unpaired) electrons. The molecule has 2 aliphatic rings. The third-order valence-corrected chi connectivity index (χ3v) is 6.21. The minimum Gasteiger partial charge on any atom is -0.497 e. The molecule has 0 saturated heterocycles. The van der Waals surface area contributed by atoms with Gasteiger partial charge in [-0.25, -0.2) is 0 Å². The molecule has 1 N–H and O–H groups in total. The molecule has 0 aromatic heterocycles. The molecule has 3 aromatic carbocycles. The zero-order valence-electron chi connectivity index (χ0n) is 17.8. The number of nitrogens with one attached hydrogen (secondary N) is 1. The van der Waals surface area contributed by atoms with Gasteiger partial charge in [-0.3, -0.25) is 9.59 Å². The van der Waals surface area contributed by atoms with E-state index in [-0.39, 0.29) is 11.3 Å². The second-order valence-electron chi connectivity index (χ2n) is 7.67. The maximum atomic E-state index is 14.1. The summed E-state index contributed by atoms with van der Waals surface area (Å²) in [6.07, 6.45) is 0. The Morgan fingerprint density at radius 1 is 1.06 bits per heavy atom. The van der Waals surface area contributed by atoms with Gasteiger partial charge in [0.15, 0.2) is 5.78 Å². The molecule has 8 heteroatoms. The lowest BCUT2D eigenvalue weighted by Gasteiger charge is -2.27. The number of benzene rings is 3. The molecule has 2 heterocycles. The van der Waals surface area contributed by atoms with Crippen LogP contribution in [0.2, 0.25) is 5.02 Å². The summed E-state index contributed by atoms with van der Waals surface area (Å²) in [4.78, 5) is 33.3. The van der Waals surface area contributed by atoms with E-state index >= 15 is 0 Å². The third-order valence-electron chi connectivity index (χ3n) is 5.96. The predicted molar refractivity (Wildman–Crippen MR) is 123 cm³/mol. The third kappa shape index (κ3) is 3.15. The van der Waals surface area contributed by atoms with Crippen molar-refractivity contribution in [1.82, 2.24) is 0 Å². The number of carbonyl (C=O) groups is 2. The number of methoxy groups -OCH3 is 2. The molecular weight excluding hydrogens is 444 g/mol. The smallest absolute Gasteiger partial charge is 0.277 e. The van der Waals surface area contributed by atoms with E-state index in [9.17, 15) is 9.59 Å². The van der Waals surface area contributed by atoms with Crippen LogP contribution in [-0.2, 0) is 15.2 Å². The molecule has 3 aromatic rings. The van der Waals surface area contributed by atoms with Gasteiger partial charge in [0.05, 0.1) is 19.8 Å². The molecule has 2 unspecified atom stereocenters. The van der Waals surface area contributed by atoms with E-state index in [1.165, 1.54) is 14.2 Å². The second kappa shape index (κ2) is 7.94. The maximum absolute atomic E-state index is 14.1. The van der Waals surface area contributed by atoms with Gasteiger partial charge in [-0.1, -0.05) is 47.1 Å². The molecule has 2 aliphatic heterocycles. The molecule has 33 heavy (non-hydrogen) atoms. The molecule has 0 saturated carbocycles. The lowest BCUT2D eigenvalue weighted by atomic mass is 9.74. The summed E-state index contributed by atoms with van der Waals surface area (Å²) in [6.45, 7) is 0. The van der Waals surface area contributed by atoms with Crippen molar-refractivity contribution in [3.8, 4) is 11.5 Å². The summed E-state index contributed by atoms with van der Waals surface area (Å²) in [5, 5.41) is 7.63. The minimum absolute atomic E-state index is 0.284. The number of ether oxygens (including phenoxy) is 2. The number of hydrogen-bond donors (Lipinski definition) is 1. The van der Waals surface area contributed by atoms with E-state index in [2.05, 4.69) is 10.5 Å². The van der Waals surface area contributed by atoms with Gasteiger partial charge in [0, 0.05) is 27.9 Å². The van der Waals surface area contributed by atoms with Crippen LogP contribution >= 0.6 is 11.6 Å². The Balaban J connectivity index is 1.70. The highest BCUT2D eigenvalue weighted by atomic mass is 35.5. The molecule has 7 nitrogen and oxygen atoms in total. The fraction of sp³-hybridized carbons (Fsp3) is 0.160. The zero-order valence-corrected chi connectivity index (χ0v) is 18.6. The highest BCUT2D eigenvalue weighted by molar-refractivity contribution is 6.31. The van der Waals surface area contributed by atoms with E-state index in [4.69, 9.17) is 25.9 Å². The number of amides is 1. The van der Waals surface area contributed by atoms with Gasteiger partial charge in [0.1, 0.15) is 23.1 Å². The topological polar surface area (TPSA) is 86.2 Å². The van der Waals surface area contributed by atoms with Crippen molar-refractivity contribution in [2.75, 3.05) is 19.5 Å². The Labute approximate surface area is 194 Å². The lowest BCUT2D eigenvalue weighted by Crippen LogP contribution is -2.46. The van der Waals surface area contributed by atoms with Crippen molar-refractivity contribution in [3.63, 3.8) is 0 Å². The molecule has 166 valence electrons. The van der Waals surface area contributed by atoms with Gasteiger partial charge in [-0.05, 0) is 30.3 Å². The molecule has 5 rings (SSSR count). The standard InChI is InChI=1S/C25H19ClN2O5/c1-31-16-11-12-17(20(13-16)32-2)23(29)21-22(14-7-9-15(26)10-8-14)28-33-25(21)18-5-3-4-6-19(18)27-24(25)30/h3-13,21H,1-2H3,(H,27,30). The molecule has 1 spiro atoms. The van der Waals surface area contributed by atoms with E-state index < -0.39 is 17.4 Å². The summed E-state index contributed by atoms with van der Waals surface area (Å²) >= 11 is 6.06. The number of para-hydroxylation sites is 1. The average Bonchev–Trinajstić information content (AvgIpc) is 3.37. The van der Waals surface area contributed by atoms with Gasteiger partial charge < -0.3 is 19.6 Å². The van der Waals surface area contributed by atoms with Crippen LogP contribution in [0.15, 0.2) is 71.9 Å². The highest BCUT2D eigenvalue weighted by Crippen LogP contribution is 2.50. The Kier molecular flexibility index (Phi) is 5.06. The van der Waals surface area contributed by atoms with Gasteiger partial charge >= 0.3 is 0 Å². The van der Waals surface area contributed by atoms with E-state index in [0.29, 0.717) is 39.0 Å². The van der Waals surface area contributed by atoms with Crippen molar-refractivity contribution in [1.29, 1.82) is 0 Å². The number of oxime groups is 1. The van der Waals surface area contributed by atoms with Crippen LogP contribution in [0, 0.1) is 5.92 Å². The molecule has 1 amide bonds. The van der Waals surface area contributed by atoms with Crippen molar-refractivity contribution in [3.05, 3.63) is 88.4 Å². The van der Waals surface area contributed by atoms with Crippen LogP contribution in [0.3, 0.4) is 0 Å². The normalized spacial score (nSPS) is 20.6. The first kappa shape index (κ1) is 21.0. The highest BCUT2D eigenvalue weighted by Gasteiger charge is 2.63. The first-order chi connectivity index (χ1) is 16.0. The quantitative estimate of drug-likeness (QED) is 0.566. The summed E-state index contributed by atoms with van der Waals surface area (Å²) < 4.78 is 10.7. The average molecular weight is 463 g/mol. The number of rotatable bonds is 5. The van der Waals surface area contributed by atoms with Crippen LogP contribution in [0.4, 0.5) is 5.69 Å². The first-order valence-corrected chi connectivity index (χ1v) is 10.6. The number of carbonyl (C=O) groups excluding carboxylic acids is 2. The van der Waals surface area contributed by atoms with Crippen LogP contribution in [0.1, 0.15) is 21.5 Å². The number of Topliss-reactive ketones (excluding diaryl/α,β-unsaturated/α-hetero) is 1. The van der Waals surface area contributed by atoms with Crippen molar-refractivity contribution < 1.29 is 23.9 Å². The lowest BCUT2D eigenvalue weighted by molar-refractivity contribution is -0.140. The van der Waals surface area contributed by atoms with Gasteiger partial charge in [0.25, 0.3) is 11.5 Å². The summed E-state index contributed by atoms with van der Waals surface area (Å²) in [6, 6.07) is 18.9. The summed E-state index contributed by atoms with van der Waals surface area (Å²) in [5.74, 6) is -1.03. The molecule has 0 aliphatic carbocycles. The monoisotopic (exact) mass is 462 g/mol. The number of ketones is 1. The largest absolute Gasteiger partial charge is 0.497 e. The van der Waals surface area contributed by atoms with Crippen LogP contribution in [0.25, 0.3) is 0 Å². The molecule has 0 bridgehead atoms. The predicted octanol–water partition coefficient (Wildman–Crippen LogP) is 4.44.